The van der Waals surface area contributed by atoms with E-state index in [1.165, 1.54) is 32.1 Å². The summed E-state index contributed by atoms with van der Waals surface area (Å²) in [4.78, 5) is 27.4. The van der Waals surface area contributed by atoms with Crippen molar-refractivity contribution in [3.05, 3.63) is 29.3 Å². The first-order valence-corrected chi connectivity index (χ1v) is 12.4. The number of amides is 2. The third-order valence-corrected chi connectivity index (χ3v) is 8.53. The zero-order valence-electron chi connectivity index (χ0n) is 18.1. The van der Waals surface area contributed by atoms with E-state index >= 15 is 0 Å². The summed E-state index contributed by atoms with van der Waals surface area (Å²) in [5.41, 5.74) is 0. The molecule has 1 aliphatic heterocycles. The van der Waals surface area contributed by atoms with Crippen molar-refractivity contribution < 1.29 is 14.3 Å². The van der Waals surface area contributed by atoms with E-state index in [1.807, 2.05) is 4.90 Å². The number of rotatable bonds is 5. The van der Waals surface area contributed by atoms with E-state index in [4.69, 9.17) is 16.3 Å². The van der Waals surface area contributed by atoms with Crippen molar-refractivity contribution in [2.24, 2.45) is 29.6 Å². The van der Waals surface area contributed by atoms with Crippen LogP contribution in [-0.4, -0.2) is 42.5 Å². The van der Waals surface area contributed by atoms with Gasteiger partial charge in [-0.2, -0.15) is 0 Å². The molecule has 1 N–H and O–H groups in total. The smallest absolute Gasteiger partial charge is 0.260 e. The van der Waals surface area contributed by atoms with Crippen molar-refractivity contribution >= 4 is 23.4 Å². The number of piperidine rings is 1. The van der Waals surface area contributed by atoms with Crippen molar-refractivity contribution in [1.29, 1.82) is 0 Å². The van der Waals surface area contributed by atoms with Gasteiger partial charge in [-0.15, -0.1) is 0 Å². The normalized spacial score (nSPS) is 32.5. The Morgan fingerprint density at radius 1 is 0.968 bits per heavy atom. The number of fused-ring (bicyclic) bond motifs is 2. The Kier molecular flexibility index (Phi) is 6.14. The average Bonchev–Trinajstić information content (AvgIpc) is 3.03. The molecule has 3 saturated carbocycles. The standard InChI is InChI=1S/C25H33ClN2O3/c26-20-2-4-21(5-3-20)31-15-24(29)28-9-7-18(8-10-28)25(30)27-23-6-1-16-11-17-13-19(12-16)22(23)14-17/h2-5,16-19,22-23H,1,6-15H2,(H,27,30)/t16-,17?,19+,22?,23?/m1/s1. The van der Waals surface area contributed by atoms with E-state index in [0.717, 1.165) is 37.0 Å². The summed E-state index contributed by atoms with van der Waals surface area (Å²) in [5.74, 6) is 4.22. The van der Waals surface area contributed by atoms with Gasteiger partial charge in [0.25, 0.3) is 5.91 Å². The molecule has 4 aliphatic rings. The molecule has 0 radical (unpaired) electrons. The van der Waals surface area contributed by atoms with Crippen LogP contribution in [0.2, 0.25) is 5.02 Å². The summed E-state index contributed by atoms with van der Waals surface area (Å²) >= 11 is 5.88. The SMILES string of the molecule is O=C(NC1CC[C@@H]2CC3CC1[C@H](C3)C2)C1CCN(C(=O)COc2ccc(Cl)cc2)CC1. The highest BCUT2D eigenvalue weighted by atomic mass is 35.5. The lowest BCUT2D eigenvalue weighted by atomic mass is 9.80. The Bertz CT molecular complexity index is 805. The predicted molar refractivity (Wildman–Crippen MR) is 120 cm³/mol. The highest BCUT2D eigenvalue weighted by molar-refractivity contribution is 6.30. The molecule has 5 rings (SSSR count). The van der Waals surface area contributed by atoms with Crippen molar-refractivity contribution in [3.8, 4) is 5.75 Å². The largest absolute Gasteiger partial charge is 0.484 e. The Hall–Kier alpha value is -1.75. The van der Waals surface area contributed by atoms with Gasteiger partial charge in [0.15, 0.2) is 6.61 Å². The molecule has 5 atom stereocenters. The third kappa shape index (κ3) is 4.72. The molecule has 3 unspecified atom stereocenters. The predicted octanol–water partition coefficient (Wildman–Crippen LogP) is 4.29. The zero-order chi connectivity index (χ0) is 21.4. The molecule has 0 spiro atoms. The number of ether oxygens (including phenoxy) is 1. The summed E-state index contributed by atoms with van der Waals surface area (Å²) in [7, 11) is 0. The summed E-state index contributed by atoms with van der Waals surface area (Å²) in [6, 6.07) is 7.39. The van der Waals surface area contributed by atoms with Gasteiger partial charge in [0.1, 0.15) is 5.75 Å². The Morgan fingerprint density at radius 3 is 2.48 bits per heavy atom. The number of carbonyl (C=O) groups is 2. The Balaban J connectivity index is 1.08. The summed E-state index contributed by atoms with van der Waals surface area (Å²) < 4.78 is 5.59. The molecule has 1 aromatic rings. The molecule has 1 heterocycles. The fraction of sp³-hybridized carbons (Fsp3) is 0.680. The van der Waals surface area contributed by atoms with Crippen molar-refractivity contribution in [3.63, 3.8) is 0 Å². The first kappa shape index (κ1) is 21.1. The summed E-state index contributed by atoms with van der Waals surface area (Å²) in [5, 5.41) is 4.10. The monoisotopic (exact) mass is 444 g/mol. The lowest BCUT2D eigenvalue weighted by Gasteiger charge is -2.33. The van der Waals surface area contributed by atoms with Gasteiger partial charge in [-0.1, -0.05) is 11.6 Å². The second-order valence-electron chi connectivity index (χ2n) is 10.2. The lowest BCUT2D eigenvalue weighted by Crippen LogP contribution is -2.48. The van der Waals surface area contributed by atoms with Gasteiger partial charge < -0.3 is 15.0 Å². The topological polar surface area (TPSA) is 58.6 Å². The number of carbonyl (C=O) groups excluding carboxylic acids is 2. The van der Waals surface area contributed by atoms with Crippen molar-refractivity contribution in [2.75, 3.05) is 19.7 Å². The van der Waals surface area contributed by atoms with Crippen LogP contribution in [0.15, 0.2) is 24.3 Å². The molecule has 1 aromatic carbocycles. The van der Waals surface area contributed by atoms with Gasteiger partial charge in [0.2, 0.25) is 5.91 Å². The van der Waals surface area contributed by atoms with Crippen LogP contribution < -0.4 is 10.1 Å². The molecular weight excluding hydrogens is 412 g/mol. The fourth-order valence-electron chi connectivity index (χ4n) is 6.73. The Labute approximate surface area is 189 Å². The van der Waals surface area contributed by atoms with E-state index < -0.39 is 0 Å². The minimum Gasteiger partial charge on any atom is -0.484 e. The minimum atomic E-state index is -0.0226. The fourth-order valence-corrected chi connectivity index (χ4v) is 6.86. The quantitative estimate of drug-likeness (QED) is 0.737. The van der Waals surface area contributed by atoms with E-state index in [1.54, 1.807) is 24.3 Å². The van der Waals surface area contributed by atoms with E-state index in [-0.39, 0.29) is 24.3 Å². The zero-order valence-corrected chi connectivity index (χ0v) is 18.9. The van der Waals surface area contributed by atoms with E-state index in [2.05, 4.69) is 5.32 Å². The molecule has 3 aliphatic carbocycles. The van der Waals surface area contributed by atoms with Gasteiger partial charge in [0.05, 0.1) is 0 Å². The highest BCUT2D eigenvalue weighted by Gasteiger charge is 2.46. The first-order valence-electron chi connectivity index (χ1n) is 12.0. The molecule has 4 fully saturated rings. The minimum absolute atomic E-state index is 0.0198. The van der Waals surface area contributed by atoms with Crippen LogP contribution in [0.1, 0.15) is 51.4 Å². The van der Waals surface area contributed by atoms with Crippen LogP contribution in [0.25, 0.3) is 0 Å². The molecule has 168 valence electrons. The molecule has 1 saturated heterocycles. The van der Waals surface area contributed by atoms with Crippen LogP contribution in [0.4, 0.5) is 0 Å². The maximum Gasteiger partial charge on any atom is 0.260 e. The highest BCUT2D eigenvalue weighted by Crippen LogP contribution is 2.53. The second kappa shape index (κ2) is 9.01. The molecule has 0 aromatic heterocycles. The van der Waals surface area contributed by atoms with Crippen molar-refractivity contribution in [1.82, 2.24) is 10.2 Å². The van der Waals surface area contributed by atoms with Crippen molar-refractivity contribution in [2.45, 2.75) is 57.4 Å². The van der Waals surface area contributed by atoms with Crippen LogP contribution in [0.5, 0.6) is 5.75 Å². The van der Waals surface area contributed by atoms with E-state index in [9.17, 15) is 9.59 Å². The van der Waals surface area contributed by atoms with E-state index in [0.29, 0.717) is 35.8 Å². The summed E-state index contributed by atoms with van der Waals surface area (Å²) in [6.07, 6.45) is 9.47. The van der Waals surface area contributed by atoms with Gasteiger partial charge in [-0.25, -0.2) is 0 Å². The number of nitrogens with zero attached hydrogens (tertiary/aromatic N) is 1. The molecule has 3 bridgehead atoms. The number of hydrogen-bond donors (Lipinski definition) is 1. The first-order chi connectivity index (χ1) is 15.0. The van der Waals surface area contributed by atoms with Gasteiger partial charge in [-0.05, 0) is 99.3 Å². The number of halogens is 1. The van der Waals surface area contributed by atoms with Gasteiger partial charge in [-0.3, -0.25) is 9.59 Å². The van der Waals surface area contributed by atoms with Gasteiger partial charge >= 0.3 is 0 Å². The number of hydrogen-bond acceptors (Lipinski definition) is 3. The third-order valence-electron chi connectivity index (χ3n) is 8.27. The van der Waals surface area contributed by atoms with Crippen LogP contribution in [0, 0.1) is 29.6 Å². The molecule has 6 heteroatoms. The number of benzene rings is 1. The van der Waals surface area contributed by atoms with Gasteiger partial charge in [0, 0.05) is 30.1 Å². The Morgan fingerprint density at radius 2 is 1.71 bits per heavy atom. The molecule has 2 amide bonds. The maximum absolute atomic E-state index is 13.0. The maximum atomic E-state index is 13.0. The van der Waals surface area contributed by atoms with Crippen LogP contribution >= 0.6 is 11.6 Å². The molecule has 31 heavy (non-hydrogen) atoms. The number of nitrogens with one attached hydrogen (secondary N) is 1. The summed E-state index contributed by atoms with van der Waals surface area (Å²) in [6.45, 7) is 1.27. The average molecular weight is 445 g/mol. The molecular formula is C25H33ClN2O3. The lowest BCUT2D eigenvalue weighted by molar-refractivity contribution is -0.137. The molecule has 5 nitrogen and oxygen atoms in total. The van der Waals surface area contributed by atoms with Crippen LogP contribution in [0.3, 0.4) is 0 Å². The van der Waals surface area contributed by atoms with Crippen LogP contribution in [-0.2, 0) is 9.59 Å². The second-order valence-corrected chi connectivity index (χ2v) is 10.6. The number of likely N-dealkylation sites (tertiary alicyclic amines) is 1.